The molecule has 0 amide bonds. The summed E-state index contributed by atoms with van der Waals surface area (Å²) >= 11 is 0. The number of benzene rings is 10. The number of hydrogen-bond donors (Lipinski definition) is 0. The Morgan fingerprint density at radius 3 is 1.38 bits per heavy atom. The average molecular weight is 777 g/mol. The largest absolute Gasteiger partial charge is 0.310 e. The van der Waals surface area contributed by atoms with E-state index >= 15 is 0 Å². The first-order valence-electron chi connectivity index (χ1n) is 21.1. The molecule has 2 aliphatic carbocycles. The van der Waals surface area contributed by atoms with E-state index in [9.17, 15) is 0 Å². The normalized spacial score (nSPS) is 14.3. The van der Waals surface area contributed by atoms with Gasteiger partial charge in [-0.05, 0) is 122 Å². The zero-order valence-corrected chi connectivity index (χ0v) is 33.5. The molecule has 0 aromatic heterocycles. The number of nitrogens with zero attached hydrogens (tertiary/aromatic N) is 2. The van der Waals surface area contributed by atoms with Gasteiger partial charge in [0.25, 0.3) is 0 Å². The van der Waals surface area contributed by atoms with Gasteiger partial charge in [-0.2, -0.15) is 0 Å². The van der Waals surface area contributed by atoms with Crippen LogP contribution in [-0.2, 0) is 5.41 Å². The van der Waals surface area contributed by atoms with Crippen molar-refractivity contribution in [3.05, 3.63) is 265 Å². The molecule has 0 fully saturated rings. The molecular formula is C59H40N2. The van der Waals surface area contributed by atoms with Gasteiger partial charge >= 0.3 is 0 Å². The zero-order valence-electron chi connectivity index (χ0n) is 33.5. The number of hydrogen-bond acceptors (Lipinski definition) is 2. The predicted octanol–water partition coefficient (Wildman–Crippen LogP) is 15.8. The van der Waals surface area contributed by atoms with Crippen molar-refractivity contribution in [1.29, 1.82) is 0 Å². The molecule has 2 aliphatic rings. The number of fused-ring (bicyclic) bond motifs is 11. The van der Waals surface area contributed by atoms with Gasteiger partial charge in [-0.3, -0.25) is 0 Å². The monoisotopic (exact) mass is 776 g/mol. The Labute approximate surface area is 356 Å². The van der Waals surface area contributed by atoms with E-state index in [0.717, 1.165) is 34.1 Å². The quantitative estimate of drug-likeness (QED) is 0.159. The zero-order chi connectivity index (χ0) is 40.3. The highest BCUT2D eigenvalue weighted by Crippen LogP contribution is 2.65. The van der Waals surface area contributed by atoms with Gasteiger partial charge in [-0.1, -0.05) is 176 Å². The molecule has 0 saturated carbocycles. The van der Waals surface area contributed by atoms with Crippen molar-refractivity contribution in [2.24, 2.45) is 0 Å². The fourth-order valence-corrected chi connectivity index (χ4v) is 10.3. The highest BCUT2D eigenvalue weighted by atomic mass is 15.2. The minimum atomic E-state index is -0.585. The topological polar surface area (TPSA) is 6.48 Å². The summed E-state index contributed by atoms with van der Waals surface area (Å²) in [7, 11) is 0. The molecule has 0 N–H and O–H groups in total. The molecule has 1 unspecified atom stereocenters. The number of rotatable bonds is 7. The van der Waals surface area contributed by atoms with E-state index in [1.807, 2.05) is 0 Å². The van der Waals surface area contributed by atoms with Gasteiger partial charge in [0.15, 0.2) is 0 Å². The molecule has 61 heavy (non-hydrogen) atoms. The smallest absolute Gasteiger partial charge is 0.0727 e. The first-order valence-corrected chi connectivity index (χ1v) is 21.1. The molecule has 0 bridgehead atoms. The van der Waals surface area contributed by atoms with Crippen molar-refractivity contribution in [3.8, 4) is 33.4 Å². The second-order valence-corrected chi connectivity index (χ2v) is 16.0. The number of anilines is 6. The third-order valence-corrected chi connectivity index (χ3v) is 12.8. The Bertz CT molecular complexity index is 3200. The number of para-hydroxylation sites is 3. The van der Waals surface area contributed by atoms with E-state index in [0.29, 0.717) is 0 Å². The molecule has 0 radical (unpaired) electrons. The maximum atomic E-state index is 2.52. The van der Waals surface area contributed by atoms with E-state index in [1.165, 1.54) is 66.4 Å². The Hall–Kier alpha value is -7.94. The molecule has 12 rings (SSSR count). The van der Waals surface area contributed by atoms with Gasteiger partial charge < -0.3 is 9.80 Å². The molecule has 286 valence electrons. The van der Waals surface area contributed by atoms with Gasteiger partial charge in [0.05, 0.1) is 16.8 Å². The lowest BCUT2D eigenvalue weighted by atomic mass is 9.70. The molecular weight excluding hydrogens is 737 g/mol. The molecule has 1 atom stereocenters. The van der Waals surface area contributed by atoms with Crippen LogP contribution in [0.2, 0.25) is 0 Å². The van der Waals surface area contributed by atoms with Crippen molar-refractivity contribution in [2.45, 2.75) is 5.41 Å². The van der Waals surface area contributed by atoms with E-state index in [1.54, 1.807) is 0 Å². The van der Waals surface area contributed by atoms with Crippen LogP contribution in [0.25, 0.3) is 44.2 Å². The molecule has 10 aromatic rings. The summed E-state index contributed by atoms with van der Waals surface area (Å²) in [6.07, 6.45) is 0. The first kappa shape index (κ1) is 35.0. The molecule has 0 saturated heterocycles. The van der Waals surface area contributed by atoms with Gasteiger partial charge in [0.2, 0.25) is 0 Å². The van der Waals surface area contributed by atoms with Gasteiger partial charge in [-0.15, -0.1) is 0 Å². The maximum absolute atomic E-state index is 2.52. The second-order valence-electron chi connectivity index (χ2n) is 16.0. The molecule has 10 aromatic carbocycles. The summed E-state index contributed by atoms with van der Waals surface area (Å²) in [5.41, 5.74) is 18.8. The summed E-state index contributed by atoms with van der Waals surface area (Å²) in [6, 6.07) is 89.1. The maximum Gasteiger partial charge on any atom is 0.0727 e. The van der Waals surface area contributed by atoms with Crippen LogP contribution in [0.15, 0.2) is 243 Å². The highest BCUT2D eigenvalue weighted by molar-refractivity contribution is 6.02. The van der Waals surface area contributed by atoms with Crippen molar-refractivity contribution >= 4 is 44.9 Å². The lowest BCUT2D eigenvalue weighted by Crippen LogP contribution is -2.26. The first-order chi connectivity index (χ1) is 30.3. The molecule has 2 heteroatoms. The van der Waals surface area contributed by atoms with Crippen molar-refractivity contribution < 1.29 is 0 Å². The van der Waals surface area contributed by atoms with E-state index in [4.69, 9.17) is 0 Å². The van der Waals surface area contributed by atoms with Gasteiger partial charge in [-0.25, -0.2) is 0 Å². The molecule has 0 aliphatic heterocycles. The third kappa shape index (κ3) is 5.36. The summed E-state index contributed by atoms with van der Waals surface area (Å²) in [4.78, 5) is 4.88. The molecule has 0 heterocycles. The van der Waals surface area contributed by atoms with Crippen LogP contribution >= 0.6 is 0 Å². The van der Waals surface area contributed by atoms with Crippen LogP contribution in [-0.4, -0.2) is 0 Å². The Kier molecular flexibility index (Phi) is 8.11. The van der Waals surface area contributed by atoms with Crippen molar-refractivity contribution in [2.75, 3.05) is 9.80 Å². The van der Waals surface area contributed by atoms with E-state index in [2.05, 4.69) is 252 Å². The summed E-state index contributed by atoms with van der Waals surface area (Å²) in [5, 5.41) is 2.43. The average Bonchev–Trinajstić information content (AvgIpc) is 3.79. The summed E-state index contributed by atoms with van der Waals surface area (Å²) in [6.45, 7) is 0. The fourth-order valence-electron chi connectivity index (χ4n) is 10.3. The predicted molar refractivity (Wildman–Crippen MR) is 255 cm³/mol. The van der Waals surface area contributed by atoms with Crippen LogP contribution in [0.5, 0.6) is 0 Å². The van der Waals surface area contributed by atoms with E-state index < -0.39 is 5.41 Å². The lowest BCUT2D eigenvalue weighted by Gasteiger charge is -2.34. The van der Waals surface area contributed by atoms with E-state index in [-0.39, 0.29) is 0 Å². The summed E-state index contributed by atoms with van der Waals surface area (Å²) < 4.78 is 0. The van der Waals surface area contributed by atoms with Crippen LogP contribution < -0.4 is 9.80 Å². The minimum absolute atomic E-state index is 0.585. The minimum Gasteiger partial charge on any atom is -0.310 e. The lowest BCUT2D eigenvalue weighted by molar-refractivity contribution is 0.793. The SMILES string of the molecule is c1ccc(-c2cc3c(cc2N(c2ccccc2)c2ccccc2)C2(c4ccccc4-c4ccc(N(c5ccccc5)c5cccc6ccccc56)cc42)c2ccccc2-3)cc1. The Morgan fingerprint density at radius 1 is 0.262 bits per heavy atom. The highest BCUT2D eigenvalue weighted by Gasteiger charge is 2.52. The van der Waals surface area contributed by atoms with Gasteiger partial charge in [0, 0.05) is 33.7 Å². The third-order valence-electron chi connectivity index (χ3n) is 12.8. The Balaban J connectivity index is 1.18. The Morgan fingerprint density at radius 2 is 0.738 bits per heavy atom. The standard InChI is InChI=1S/C59H40N2/c1-5-20-42(21-6-1)51-39-52-49-32-16-18-34-54(49)59(56(52)40-58(51)60(43-24-7-2-8-25-43)44-26-9-3-10-27-44)53-33-17-15-31-48(53)50-37-36-46(38-55(50)59)61(45-28-11-4-12-29-45)57-35-19-23-41-22-13-14-30-47(41)57/h1-40H. The molecule has 2 nitrogen and oxygen atoms in total. The van der Waals surface area contributed by atoms with Crippen molar-refractivity contribution in [3.63, 3.8) is 0 Å². The second kappa shape index (κ2) is 14.1. The summed E-state index contributed by atoms with van der Waals surface area (Å²) in [5.74, 6) is 0. The van der Waals surface area contributed by atoms with Crippen LogP contribution in [0.3, 0.4) is 0 Å². The van der Waals surface area contributed by atoms with Gasteiger partial charge in [0.1, 0.15) is 0 Å². The van der Waals surface area contributed by atoms with Crippen LogP contribution in [0.4, 0.5) is 34.1 Å². The molecule has 1 spiro atoms. The van der Waals surface area contributed by atoms with Crippen LogP contribution in [0, 0.1) is 0 Å². The van der Waals surface area contributed by atoms with Crippen molar-refractivity contribution in [1.82, 2.24) is 0 Å². The van der Waals surface area contributed by atoms with Crippen LogP contribution in [0.1, 0.15) is 22.3 Å². The fraction of sp³-hybridized carbons (Fsp3) is 0.0169.